The minimum absolute atomic E-state index is 0.0159. The van der Waals surface area contributed by atoms with E-state index in [-0.39, 0.29) is 5.91 Å². The lowest BCUT2D eigenvalue weighted by molar-refractivity contribution is 0.0955. The van der Waals surface area contributed by atoms with Crippen LogP contribution in [0.25, 0.3) is 10.4 Å². The lowest BCUT2D eigenvalue weighted by Crippen LogP contribution is -2.30. The lowest BCUT2D eigenvalue weighted by Gasteiger charge is -2.09. The van der Waals surface area contributed by atoms with Gasteiger partial charge < -0.3 is 10.2 Å². The van der Waals surface area contributed by atoms with Crippen molar-refractivity contribution >= 4 is 17.2 Å². The second-order valence-electron chi connectivity index (χ2n) is 5.05. The van der Waals surface area contributed by atoms with Gasteiger partial charge in [0.15, 0.2) is 0 Å². The molecule has 0 fully saturated rings. The van der Waals surface area contributed by atoms with Crippen LogP contribution in [0.15, 0.2) is 36.4 Å². The first-order valence-corrected chi connectivity index (χ1v) is 7.48. The van der Waals surface area contributed by atoms with Gasteiger partial charge in [0.1, 0.15) is 0 Å². The smallest absolute Gasteiger partial charge is 0.261 e. The highest BCUT2D eigenvalue weighted by atomic mass is 32.1. The molecule has 0 saturated heterocycles. The molecule has 0 spiro atoms. The molecule has 2 aromatic rings. The highest BCUT2D eigenvalue weighted by Crippen LogP contribution is 2.32. The molecule has 1 amide bonds. The van der Waals surface area contributed by atoms with Gasteiger partial charge in [-0.1, -0.05) is 30.3 Å². The van der Waals surface area contributed by atoms with E-state index in [1.165, 1.54) is 10.4 Å². The Morgan fingerprint density at radius 2 is 1.95 bits per heavy atom. The third-order valence-corrected chi connectivity index (χ3v) is 4.31. The highest BCUT2D eigenvalue weighted by molar-refractivity contribution is 7.17. The van der Waals surface area contributed by atoms with Crippen LogP contribution in [0.2, 0.25) is 0 Å². The van der Waals surface area contributed by atoms with E-state index in [1.54, 1.807) is 11.3 Å². The fourth-order valence-electron chi connectivity index (χ4n) is 1.95. The largest absolute Gasteiger partial charge is 0.350 e. The minimum Gasteiger partial charge on any atom is -0.350 e. The van der Waals surface area contributed by atoms with Crippen LogP contribution >= 0.6 is 11.3 Å². The van der Waals surface area contributed by atoms with E-state index in [1.807, 2.05) is 38.4 Å². The maximum absolute atomic E-state index is 12.1. The molecule has 0 aliphatic carbocycles. The zero-order chi connectivity index (χ0) is 14.5. The van der Waals surface area contributed by atoms with Crippen molar-refractivity contribution in [3.8, 4) is 10.4 Å². The summed E-state index contributed by atoms with van der Waals surface area (Å²) in [6, 6.07) is 12.2. The standard InChI is InChI=1S/C16H20N2OS/c1-12-11-14(16(19)17-9-10-18(2)3)20-15(12)13-7-5-4-6-8-13/h4-8,11H,9-10H2,1-3H3,(H,17,19). The zero-order valence-electron chi connectivity index (χ0n) is 12.1. The molecular weight excluding hydrogens is 268 g/mol. The maximum atomic E-state index is 12.1. The second kappa shape index (κ2) is 6.68. The van der Waals surface area contributed by atoms with Crippen molar-refractivity contribution in [1.29, 1.82) is 0 Å². The van der Waals surface area contributed by atoms with E-state index < -0.39 is 0 Å². The Hall–Kier alpha value is -1.65. The van der Waals surface area contributed by atoms with Gasteiger partial charge in [-0.3, -0.25) is 4.79 Å². The van der Waals surface area contributed by atoms with Crippen molar-refractivity contribution in [1.82, 2.24) is 10.2 Å². The summed E-state index contributed by atoms with van der Waals surface area (Å²) in [5.41, 5.74) is 2.32. The van der Waals surface area contributed by atoms with Crippen LogP contribution in [-0.2, 0) is 0 Å². The monoisotopic (exact) mass is 288 g/mol. The first kappa shape index (κ1) is 14.8. The predicted octanol–water partition coefficient (Wildman–Crippen LogP) is 3.01. The van der Waals surface area contributed by atoms with E-state index >= 15 is 0 Å². The van der Waals surface area contributed by atoms with Crippen LogP contribution in [0, 0.1) is 6.92 Å². The molecule has 0 aliphatic heterocycles. The van der Waals surface area contributed by atoms with Crippen molar-refractivity contribution in [3.63, 3.8) is 0 Å². The number of nitrogens with zero attached hydrogens (tertiary/aromatic N) is 1. The average molecular weight is 288 g/mol. The van der Waals surface area contributed by atoms with Gasteiger partial charge in [-0.05, 0) is 38.2 Å². The Bertz CT molecular complexity index is 575. The Morgan fingerprint density at radius 3 is 2.60 bits per heavy atom. The number of nitrogens with one attached hydrogen (secondary N) is 1. The van der Waals surface area contributed by atoms with Crippen molar-refractivity contribution < 1.29 is 4.79 Å². The molecule has 4 heteroatoms. The highest BCUT2D eigenvalue weighted by Gasteiger charge is 2.13. The summed E-state index contributed by atoms with van der Waals surface area (Å²) < 4.78 is 0. The van der Waals surface area contributed by atoms with Gasteiger partial charge in [0.05, 0.1) is 4.88 Å². The van der Waals surface area contributed by atoms with E-state index in [9.17, 15) is 4.79 Å². The van der Waals surface area contributed by atoms with Gasteiger partial charge >= 0.3 is 0 Å². The topological polar surface area (TPSA) is 32.3 Å². The van der Waals surface area contributed by atoms with Gasteiger partial charge in [0.25, 0.3) is 5.91 Å². The van der Waals surface area contributed by atoms with Gasteiger partial charge in [-0.2, -0.15) is 0 Å². The van der Waals surface area contributed by atoms with Crippen molar-refractivity contribution in [2.75, 3.05) is 27.2 Å². The molecule has 0 unspecified atom stereocenters. The normalized spacial score (nSPS) is 10.8. The molecule has 2 rings (SSSR count). The summed E-state index contributed by atoms with van der Waals surface area (Å²) in [6.07, 6.45) is 0. The molecule has 1 N–H and O–H groups in total. The Morgan fingerprint density at radius 1 is 1.25 bits per heavy atom. The van der Waals surface area contributed by atoms with E-state index in [0.717, 1.165) is 17.0 Å². The van der Waals surface area contributed by atoms with Gasteiger partial charge in [0.2, 0.25) is 0 Å². The molecule has 0 bridgehead atoms. The second-order valence-corrected chi connectivity index (χ2v) is 6.10. The quantitative estimate of drug-likeness (QED) is 0.917. The third-order valence-electron chi connectivity index (χ3n) is 3.02. The van der Waals surface area contributed by atoms with Gasteiger partial charge in [0, 0.05) is 18.0 Å². The first-order chi connectivity index (χ1) is 9.58. The Kier molecular flexibility index (Phi) is 4.93. The number of rotatable bonds is 5. The van der Waals surface area contributed by atoms with Gasteiger partial charge in [-0.15, -0.1) is 11.3 Å². The van der Waals surface area contributed by atoms with Crippen LogP contribution in [-0.4, -0.2) is 38.0 Å². The number of amides is 1. The summed E-state index contributed by atoms with van der Waals surface area (Å²) >= 11 is 1.55. The summed E-state index contributed by atoms with van der Waals surface area (Å²) in [7, 11) is 3.99. The fraction of sp³-hybridized carbons (Fsp3) is 0.312. The molecule has 106 valence electrons. The molecule has 1 aromatic carbocycles. The first-order valence-electron chi connectivity index (χ1n) is 6.66. The van der Waals surface area contributed by atoms with E-state index in [0.29, 0.717) is 6.54 Å². The number of aryl methyl sites for hydroxylation is 1. The van der Waals surface area contributed by atoms with Crippen LogP contribution in [0.3, 0.4) is 0 Å². The average Bonchev–Trinajstić information content (AvgIpc) is 2.81. The number of carbonyl (C=O) groups is 1. The molecule has 1 aromatic heterocycles. The third kappa shape index (κ3) is 3.68. The van der Waals surface area contributed by atoms with Crippen molar-refractivity contribution in [3.05, 3.63) is 46.8 Å². The lowest BCUT2D eigenvalue weighted by atomic mass is 10.1. The molecule has 1 heterocycles. The number of thiophene rings is 1. The molecule has 0 radical (unpaired) electrons. The molecular formula is C16H20N2OS. The minimum atomic E-state index is 0.0159. The summed E-state index contributed by atoms with van der Waals surface area (Å²) in [4.78, 5) is 16.1. The predicted molar refractivity (Wildman–Crippen MR) is 85.4 cm³/mol. The number of hydrogen-bond donors (Lipinski definition) is 1. The van der Waals surface area contributed by atoms with Crippen LogP contribution in [0.1, 0.15) is 15.2 Å². The summed E-state index contributed by atoms with van der Waals surface area (Å²) in [6.45, 7) is 3.57. The van der Waals surface area contributed by atoms with Crippen LogP contribution in [0.4, 0.5) is 0 Å². The van der Waals surface area contributed by atoms with Crippen molar-refractivity contribution in [2.45, 2.75) is 6.92 Å². The summed E-state index contributed by atoms with van der Waals surface area (Å²) in [5.74, 6) is 0.0159. The number of hydrogen-bond acceptors (Lipinski definition) is 3. The number of carbonyl (C=O) groups excluding carboxylic acids is 1. The molecule has 0 saturated carbocycles. The fourth-order valence-corrected chi connectivity index (χ4v) is 3.04. The molecule has 0 atom stereocenters. The Balaban J connectivity index is 2.09. The van der Waals surface area contributed by atoms with E-state index in [4.69, 9.17) is 0 Å². The van der Waals surface area contributed by atoms with Crippen LogP contribution in [0.5, 0.6) is 0 Å². The van der Waals surface area contributed by atoms with Crippen molar-refractivity contribution in [2.24, 2.45) is 0 Å². The van der Waals surface area contributed by atoms with Crippen LogP contribution < -0.4 is 5.32 Å². The maximum Gasteiger partial charge on any atom is 0.261 e. The molecule has 3 nitrogen and oxygen atoms in total. The molecule has 0 aliphatic rings. The Labute approximate surface area is 124 Å². The zero-order valence-corrected chi connectivity index (χ0v) is 13.0. The number of likely N-dealkylation sites (N-methyl/N-ethyl adjacent to an activating group) is 1. The summed E-state index contributed by atoms with van der Waals surface area (Å²) in [5, 5.41) is 2.95. The van der Waals surface area contributed by atoms with E-state index in [2.05, 4.69) is 29.3 Å². The SMILES string of the molecule is Cc1cc(C(=O)NCCN(C)C)sc1-c1ccccc1. The molecule has 20 heavy (non-hydrogen) atoms. The number of benzene rings is 1. The van der Waals surface area contributed by atoms with Gasteiger partial charge in [-0.25, -0.2) is 0 Å².